The van der Waals surface area contributed by atoms with Gasteiger partial charge in [0.2, 0.25) is 5.91 Å². The first kappa shape index (κ1) is 9.96. The second-order valence-electron chi connectivity index (χ2n) is 3.95. The predicted octanol–water partition coefficient (Wildman–Crippen LogP) is 0.313. The van der Waals surface area contributed by atoms with Crippen LogP contribution in [0.4, 0.5) is 0 Å². The maximum absolute atomic E-state index is 11.4. The second-order valence-corrected chi connectivity index (χ2v) is 3.95. The van der Waals surface area contributed by atoms with Crippen LogP contribution in [0.2, 0.25) is 0 Å². The average Bonchev–Trinajstić information content (AvgIpc) is 2.17. The Balaban J connectivity index is 2.17. The van der Waals surface area contributed by atoms with E-state index in [0.29, 0.717) is 0 Å². The van der Waals surface area contributed by atoms with E-state index in [9.17, 15) is 10.0 Å². The van der Waals surface area contributed by atoms with Crippen LogP contribution >= 0.6 is 0 Å². The van der Waals surface area contributed by atoms with E-state index in [1.165, 1.54) is 13.1 Å². The normalized spacial score (nSPS) is 19.4. The van der Waals surface area contributed by atoms with Gasteiger partial charge in [-0.15, -0.1) is 0 Å². The molecular weight excluding hydrogens is 192 g/mol. The quantitative estimate of drug-likeness (QED) is 0.531. The molecule has 0 fully saturated rings. The molecule has 1 aliphatic carbocycles. The number of hydrogen-bond acceptors (Lipinski definition) is 2. The van der Waals surface area contributed by atoms with Gasteiger partial charge in [0.1, 0.15) is 0 Å². The number of amides is 1. The molecule has 4 heteroatoms. The predicted molar refractivity (Wildman–Crippen MR) is 55.0 cm³/mol. The Morgan fingerprint density at radius 2 is 2.47 bits per heavy atom. The van der Waals surface area contributed by atoms with Crippen LogP contribution in [0.1, 0.15) is 24.6 Å². The zero-order chi connectivity index (χ0) is 10.8. The minimum absolute atomic E-state index is 0.00520. The third-order valence-electron chi connectivity index (χ3n) is 2.76. The molecule has 1 heterocycles. The van der Waals surface area contributed by atoms with Crippen molar-refractivity contribution in [1.82, 2.24) is 5.32 Å². The van der Waals surface area contributed by atoms with Crippen molar-refractivity contribution in [2.45, 2.75) is 32.2 Å². The van der Waals surface area contributed by atoms with E-state index < -0.39 is 0 Å². The summed E-state index contributed by atoms with van der Waals surface area (Å²) in [5.41, 5.74) is 1.90. The Kier molecular flexibility index (Phi) is 2.58. The van der Waals surface area contributed by atoms with Crippen LogP contribution in [0, 0.1) is 5.21 Å². The molecule has 1 aromatic rings. The molecule has 80 valence electrons. The molecule has 2 rings (SSSR count). The molecule has 0 bridgehead atoms. The van der Waals surface area contributed by atoms with Gasteiger partial charge in [-0.3, -0.25) is 4.79 Å². The van der Waals surface area contributed by atoms with Crippen molar-refractivity contribution in [3.05, 3.63) is 34.8 Å². The molecule has 0 saturated heterocycles. The Morgan fingerprint density at radius 1 is 1.67 bits per heavy atom. The van der Waals surface area contributed by atoms with Gasteiger partial charge in [-0.1, -0.05) is 0 Å². The number of pyridine rings is 1. The van der Waals surface area contributed by atoms with Crippen LogP contribution in [0.25, 0.3) is 0 Å². The van der Waals surface area contributed by atoms with Gasteiger partial charge in [-0.05, 0) is 18.9 Å². The Bertz CT molecular complexity index is 390. The van der Waals surface area contributed by atoms with Crippen LogP contribution in [0.5, 0.6) is 0 Å². The third kappa shape index (κ3) is 2.09. The average molecular weight is 206 g/mol. The SMILES string of the molecule is CC(=O)NC1CCc2c(ccc[n+]2[O-])C1. The fourth-order valence-electron chi connectivity index (χ4n) is 2.11. The lowest BCUT2D eigenvalue weighted by atomic mass is 9.92. The number of nitrogens with zero attached hydrogens (tertiary/aromatic N) is 1. The maximum Gasteiger partial charge on any atom is 0.217 e. The van der Waals surface area contributed by atoms with Crippen molar-refractivity contribution >= 4 is 5.91 Å². The maximum atomic E-state index is 11.4. The summed E-state index contributed by atoms with van der Waals surface area (Å²) < 4.78 is 0.930. The van der Waals surface area contributed by atoms with Gasteiger partial charge in [-0.2, -0.15) is 4.73 Å². The smallest absolute Gasteiger partial charge is 0.217 e. The van der Waals surface area contributed by atoms with Gasteiger partial charge in [0.15, 0.2) is 11.9 Å². The van der Waals surface area contributed by atoms with Crippen molar-refractivity contribution in [3.8, 4) is 0 Å². The number of fused-ring (bicyclic) bond motifs is 1. The topological polar surface area (TPSA) is 56.0 Å². The van der Waals surface area contributed by atoms with E-state index in [1.807, 2.05) is 6.07 Å². The number of carbonyl (C=O) groups excluding carboxylic acids is 1. The summed E-state index contributed by atoms with van der Waals surface area (Å²) in [7, 11) is 0. The summed E-state index contributed by atoms with van der Waals surface area (Å²) in [6.07, 6.45) is 3.87. The highest BCUT2D eigenvalue weighted by atomic mass is 16.5. The molecule has 0 radical (unpaired) electrons. The largest absolute Gasteiger partial charge is 0.618 e. The number of nitrogens with one attached hydrogen (secondary N) is 1. The molecule has 1 aromatic heterocycles. The summed E-state index contributed by atoms with van der Waals surface area (Å²) in [5.74, 6) is -0.00520. The summed E-state index contributed by atoms with van der Waals surface area (Å²) in [4.78, 5) is 10.9. The third-order valence-corrected chi connectivity index (χ3v) is 2.76. The standard InChI is InChI=1S/C11H14N2O2/c1-8(14)12-10-4-5-11-9(7-10)3-2-6-13(11)15/h2-3,6,10H,4-5,7H2,1H3,(H,12,14). The van der Waals surface area contributed by atoms with E-state index in [4.69, 9.17) is 0 Å². The van der Waals surface area contributed by atoms with E-state index in [2.05, 4.69) is 5.32 Å². The summed E-state index contributed by atoms with van der Waals surface area (Å²) in [6, 6.07) is 3.89. The summed E-state index contributed by atoms with van der Waals surface area (Å²) >= 11 is 0. The molecule has 15 heavy (non-hydrogen) atoms. The number of carbonyl (C=O) groups is 1. The minimum Gasteiger partial charge on any atom is -0.618 e. The molecule has 1 aliphatic rings. The number of aromatic nitrogens is 1. The zero-order valence-electron chi connectivity index (χ0n) is 8.69. The van der Waals surface area contributed by atoms with Crippen molar-refractivity contribution < 1.29 is 9.52 Å². The van der Waals surface area contributed by atoms with Crippen LogP contribution in [-0.4, -0.2) is 11.9 Å². The van der Waals surface area contributed by atoms with Gasteiger partial charge >= 0.3 is 0 Å². The molecule has 0 spiro atoms. The lowest BCUT2D eigenvalue weighted by molar-refractivity contribution is -0.615. The van der Waals surface area contributed by atoms with Crippen LogP contribution in [0.15, 0.2) is 18.3 Å². The van der Waals surface area contributed by atoms with Crippen LogP contribution in [0.3, 0.4) is 0 Å². The number of rotatable bonds is 1. The first-order valence-electron chi connectivity index (χ1n) is 5.14. The Hall–Kier alpha value is -1.58. The van der Waals surface area contributed by atoms with Gasteiger partial charge < -0.3 is 10.5 Å². The fourth-order valence-corrected chi connectivity index (χ4v) is 2.11. The monoisotopic (exact) mass is 206 g/mol. The van der Waals surface area contributed by atoms with Crippen molar-refractivity contribution in [1.29, 1.82) is 0 Å². The molecule has 0 saturated carbocycles. The lowest BCUT2D eigenvalue weighted by Crippen LogP contribution is -2.42. The van der Waals surface area contributed by atoms with Gasteiger partial charge in [0.05, 0.1) is 0 Å². The second kappa shape index (κ2) is 3.88. The van der Waals surface area contributed by atoms with E-state index in [0.717, 1.165) is 35.3 Å². The first-order valence-corrected chi connectivity index (χ1v) is 5.14. The van der Waals surface area contributed by atoms with E-state index in [-0.39, 0.29) is 11.9 Å². The van der Waals surface area contributed by atoms with Gasteiger partial charge in [-0.25, -0.2) is 0 Å². The van der Waals surface area contributed by atoms with Crippen molar-refractivity contribution in [3.63, 3.8) is 0 Å². The van der Waals surface area contributed by atoms with Crippen molar-refractivity contribution in [2.24, 2.45) is 0 Å². The van der Waals surface area contributed by atoms with Crippen LogP contribution < -0.4 is 10.0 Å². The molecule has 0 aromatic carbocycles. The highest BCUT2D eigenvalue weighted by molar-refractivity contribution is 5.73. The van der Waals surface area contributed by atoms with E-state index >= 15 is 0 Å². The first-order chi connectivity index (χ1) is 7.16. The highest BCUT2D eigenvalue weighted by Gasteiger charge is 2.24. The zero-order valence-corrected chi connectivity index (χ0v) is 8.69. The lowest BCUT2D eigenvalue weighted by Gasteiger charge is -2.23. The molecule has 1 amide bonds. The van der Waals surface area contributed by atoms with Crippen molar-refractivity contribution in [2.75, 3.05) is 0 Å². The van der Waals surface area contributed by atoms with Gasteiger partial charge in [0, 0.05) is 31.0 Å². The molecule has 1 N–H and O–H groups in total. The number of hydrogen-bond donors (Lipinski definition) is 1. The molecule has 0 aliphatic heterocycles. The Morgan fingerprint density at radius 3 is 3.20 bits per heavy atom. The molecule has 1 atom stereocenters. The fraction of sp³-hybridized carbons (Fsp3) is 0.455. The minimum atomic E-state index is -0.00520. The van der Waals surface area contributed by atoms with Gasteiger partial charge in [0.25, 0.3) is 0 Å². The van der Waals surface area contributed by atoms with E-state index in [1.54, 1.807) is 6.07 Å². The molecular formula is C11H14N2O2. The van der Waals surface area contributed by atoms with Crippen LogP contribution in [-0.2, 0) is 17.6 Å². The molecule has 4 nitrogen and oxygen atoms in total. The Labute approximate surface area is 88.5 Å². The molecule has 1 unspecified atom stereocenters. The highest BCUT2D eigenvalue weighted by Crippen LogP contribution is 2.17. The summed E-state index contributed by atoms with van der Waals surface area (Å²) in [5, 5.41) is 14.3. The summed E-state index contributed by atoms with van der Waals surface area (Å²) in [6.45, 7) is 1.52.